The van der Waals surface area contributed by atoms with Crippen molar-refractivity contribution in [1.29, 1.82) is 0 Å². The van der Waals surface area contributed by atoms with Crippen molar-refractivity contribution in [2.45, 2.75) is 80.1 Å². The molecule has 4 aliphatic carbocycles. The van der Waals surface area contributed by atoms with Crippen LogP contribution < -0.4 is 0 Å². The highest BCUT2D eigenvalue weighted by Gasteiger charge is 2.61. The normalized spacial score (nSPS) is 51.4. The summed E-state index contributed by atoms with van der Waals surface area (Å²) < 4.78 is 0. The molecule has 0 aromatic rings. The number of rotatable bonds is 1. The monoisotopic (exact) mass is 300 g/mol. The maximum atomic E-state index is 4.89. The minimum absolute atomic E-state index is 0.287. The van der Waals surface area contributed by atoms with Gasteiger partial charge in [0.25, 0.3) is 0 Å². The molecule has 0 aromatic heterocycles. The Bertz CT molecular complexity index is 531. The zero-order chi connectivity index (χ0) is 16.0. The van der Waals surface area contributed by atoms with Crippen LogP contribution in [-0.2, 0) is 0 Å². The quantitative estimate of drug-likeness (QED) is 0.573. The van der Waals surface area contributed by atoms with E-state index in [1.807, 2.05) is 0 Å². The fraction of sp³-hybridized carbons (Fsp3) is 0.900. The van der Waals surface area contributed by atoms with Crippen molar-refractivity contribution in [3.8, 4) is 0 Å². The third kappa shape index (κ3) is 1.48. The SMILES string of the molecule is CC1(C)[C@@H]2CC[C@@]1(C)/C(=N/N=C1\C[C@H]3CC[C@]1(C)C3(C)C)C2. The Labute approximate surface area is 135 Å². The predicted octanol–water partition coefficient (Wildman–Crippen LogP) is 5.48. The van der Waals surface area contributed by atoms with Gasteiger partial charge in [0.1, 0.15) is 0 Å². The Balaban J connectivity index is 1.67. The van der Waals surface area contributed by atoms with Crippen LogP contribution in [0.1, 0.15) is 80.1 Å². The van der Waals surface area contributed by atoms with Crippen molar-refractivity contribution in [3.05, 3.63) is 0 Å². The van der Waals surface area contributed by atoms with E-state index >= 15 is 0 Å². The molecular formula is C20H32N2. The fourth-order valence-electron chi connectivity index (χ4n) is 6.28. The Morgan fingerprint density at radius 2 is 1.05 bits per heavy atom. The summed E-state index contributed by atoms with van der Waals surface area (Å²) in [7, 11) is 0. The van der Waals surface area contributed by atoms with Crippen LogP contribution in [0.25, 0.3) is 0 Å². The van der Waals surface area contributed by atoms with Crippen LogP contribution in [0.4, 0.5) is 0 Å². The van der Waals surface area contributed by atoms with E-state index in [2.05, 4.69) is 41.5 Å². The second-order valence-electron chi connectivity index (χ2n) is 10.1. The first-order valence-electron chi connectivity index (χ1n) is 9.27. The van der Waals surface area contributed by atoms with E-state index in [-0.39, 0.29) is 10.8 Å². The number of hydrogen-bond donors (Lipinski definition) is 0. The summed E-state index contributed by atoms with van der Waals surface area (Å²) >= 11 is 0. The smallest absolute Gasteiger partial charge is 0.0473 e. The topological polar surface area (TPSA) is 24.7 Å². The average molecular weight is 300 g/mol. The minimum atomic E-state index is 0.287. The predicted molar refractivity (Wildman–Crippen MR) is 93.3 cm³/mol. The highest BCUT2D eigenvalue weighted by molar-refractivity contribution is 5.97. The average Bonchev–Trinajstić information content (AvgIpc) is 2.95. The van der Waals surface area contributed by atoms with Crippen molar-refractivity contribution in [1.82, 2.24) is 0 Å². The molecular weight excluding hydrogens is 268 g/mol. The van der Waals surface area contributed by atoms with Crippen molar-refractivity contribution in [3.63, 3.8) is 0 Å². The molecule has 2 nitrogen and oxygen atoms in total. The standard InChI is InChI=1S/C20H32N2/c1-17(2)13-7-9-19(17,5)15(11-13)21-22-16-12-14-8-10-20(16,6)18(14,3)4/h13-14H,7-12H2,1-6H3/b21-15+,22-16+/t13-,14-,19+,20+/m1/s1. The van der Waals surface area contributed by atoms with Gasteiger partial charge in [0.15, 0.2) is 0 Å². The van der Waals surface area contributed by atoms with Crippen LogP contribution in [-0.4, -0.2) is 11.4 Å². The zero-order valence-electron chi connectivity index (χ0n) is 15.3. The van der Waals surface area contributed by atoms with E-state index in [1.54, 1.807) is 0 Å². The molecule has 4 atom stereocenters. The van der Waals surface area contributed by atoms with E-state index < -0.39 is 0 Å². The Morgan fingerprint density at radius 1 is 0.682 bits per heavy atom. The second kappa shape index (κ2) is 4.05. The fourth-order valence-corrected chi connectivity index (χ4v) is 6.28. The highest BCUT2D eigenvalue weighted by atomic mass is 15.2. The summed E-state index contributed by atoms with van der Waals surface area (Å²) in [6.45, 7) is 14.7. The molecule has 4 bridgehead atoms. The van der Waals surface area contributed by atoms with Crippen molar-refractivity contribution >= 4 is 11.4 Å². The molecule has 4 rings (SSSR count). The van der Waals surface area contributed by atoms with Crippen LogP contribution in [0.3, 0.4) is 0 Å². The van der Waals surface area contributed by atoms with E-state index in [4.69, 9.17) is 10.2 Å². The van der Waals surface area contributed by atoms with Gasteiger partial charge in [0.2, 0.25) is 0 Å². The lowest BCUT2D eigenvalue weighted by atomic mass is 9.70. The lowest BCUT2D eigenvalue weighted by molar-refractivity contribution is 0.193. The molecule has 0 radical (unpaired) electrons. The molecule has 0 spiro atoms. The van der Waals surface area contributed by atoms with Crippen molar-refractivity contribution < 1.29 is 0 Å². The molecule has 0 aromatic carbocycles. The van der Waals surface area contributed by atoms with Gasteiger partial charge in [-0.15, -0.1) is 0 Å². The van der Waals surface area contributed by atoms with Crippen molar-refractivity contribution in [2.75, 3.05) is 0 Å². The third-order valence-corrected chi connectivity index (χ3v) is 9.32. The molecule has 0 amide bonds. The lowest BCUT2D eigenvalue weighted by Gasteiger charge is -2.35. The molecule has 4 saturated carbocycles. The molecule has 0 heterocycles. The third-order valence-electron chi connectivity index (χ3n) is 9.32. The van der Waals surface area contributed by atoms with E-state index in [1.165, 1.54) is 49.9 Å². The maximum absolute atomic E-state index is 4.89. The Morgan fingerprint density at radius 3 is 1.27 bits per heavy atom. The molecule has 4 aliphatic rings. The van der Waals surface area contributed by atoms with Gasteiger partial charge in [-0.05, 0) is 61.2 Å². The minimum Gasteiger partial charge on any atom is -0.160 e. The molecule has 122 valence electrons. The first-order valence-corrected chi connectivity index (χ1v) is 9.27. The summed E-state index contributed by atoms with van der Waals surface area (Å²) in [6, 6.07) is 0. The van der Waals surface area contributed by atoms with Crippen LogP contribution in [0.5, 0.6) is 0 Å². The number of fused-ring (bicyclic) bond motifs is 4. The van der Waals surface area contributed by atoms with E-state index in [0.29, 0.717) is 10.8 Å². The van der Waals surface area contributed by atoms with Gasteiger partial charge in [-0.1, -0.05) is 41.5 Å². The van der Waals surface area contributed by atoms with Crippen LogP contribution >= 0.6 is 0 Å². The van der Waals surface area contributed by atoms with Gasteiger partial charge in [-0.2, -0.15) is 10.2 Å². The highest BCUT2D eigenvalue weighted by Crippen LogP contribution is 2.65. The summed E-state index contributed by atoms with van der Waals surface area (Å²) in [5.74, 6) is 1.65. The molecule has 0 aliphatic heterocycles. The van der Waals surface area contributed by atoms with Crippen LogP contribution in [0, 0.1) is 33.5 Å². The summed E-state index contributed by atoms with van der Waals surface area (Å²) in [4.78, 5) is 0. The summed E-state index contributed by atoms with van der Waals surface area (Å²) in [5.41, 5.74) is 4.18. The van der Waals surface area contributed by atoms with Crippen molar-refractivity contribution in [2.24, 2.45) is 43.7 Å². The van der Waals surface area contributed by atoms with E-state index in [0.717, 1.165) is 11.8 Å². The summed E-state index contributed by atoms with van der Waals surface area (Å²) in [5, 5.41) is 9.78. The molecule has 22 heavy (non-hydrogen) atoms. The number of nitrogens with zero attached hydrogens (tertiary/aromatic N) is 2. The first kappa shape index (κ1) is 14.9. The second-order valence-corrected chi connectivity index (χ2v) is 10.1. The number of hydrogen-bond acceptors (Lipinski definition) is 2. The van der Waals surface area contributed by atoms with Crippen LogP contribution in [0.2, 0.25) is 0 Å². The maximum Gasteiger partial charge on any atom is 0.0473 e. The molecule has 4 fully saturated rings. The lowest BCUT2D eigenvalue weighted by Crippen LogP contribution is -2.33. The Kier molecular flexibility index (Phi) is 2.74. The largest absolute Gasteiger partial charge is 0.160 e. The zero-order valence-corrected chi connectivity index (χ0v) is 15.3. The first-order chi connectivity index (χ1) is 10.1. The Hall–Kier alpha value is -0.660. The van der Waals surface area contributed by atoms with E-state index in [9.17, 15) is 0 Å². The van der Waals surface area contributed by atoms with Gasteiger partial charge < -0.3 is 0 Å². The van der Waals surface area contributed by atoms with Gasteiger partial charge in [-0.25, -0.2) is 0 Å². The molecule has 2 heteroatoms. The molecule has 0 saturated heterocycles. The van der Waals surface area contributed by atoms with Gasteiger partial charge >= 0.3 is 0 Å². The van der Waals surface area contributed by atoms with Crippen LogP contribution in [0.15, 0.2) is 10.2 Å². The summed E-state index contributed by atoms with van der Waals surface area (Å²) in [6.07, 6.45) is 7.74. The molecule has 0 N–H and O–H groups in total. The van der Waals surface area contributed by atoms with Gasteiger partial charge in [0.05, 0.1) is 0 Å². The molecule has 0 unspecified atom stereocenters. The van der Waals surface area contributed by atoms with Gasteiger partial charge in [-0.3, -0.25) is 0 Å². The van der Waals surface area contributed by atoms with Gasteiger partial charge in [0, 0.05) is 22.3 Å².